The minimum atomic E-state index is 0.726. The highest BCUT2D eigenvalue weighted by atomic mass is 79.9. The van der Waals surface area contributed by atoms with Gasteiger partial charge in [0, 0.05) is 17.2 Å². The van der Waals surface area contributed by atoms with Crippen molar-refractivity contribution >= 4 is 21.6 Å². The molecule has 0 aliphatic carbocycles. The number of rotatable bonds is 3. The molecule has 4 nitrogen and oxygen atoms in total. The van der Waals surface area contributed by atoms with Crippen LogP contribution in [0, 0.1) is 13.8 Å². The first-order chi connectivity index (χ1) is 8.08. The van der Waals surface area contributed by atoms with E-state index in [9.17, 15) is 0 Å². The normalized spacial score (nSPS) is 10.6. The zero-order chi connectivity index (χ0) is 12.4. The number of aromatic nitrogens is 3. The lowest BCUT2D eigenvalue weighted by Crippen LogP contribution is -2.05. The molecule has 0 radical (unpaired) electrons. The number of anilines is 1. The first kappa shape index (κ1) is 12.1. The van der Waals surface area contributed by atoms with Crippen LogP contribution in [0.25, 0.3) is 0 Å². The molecule has 2 aromatic rings. The Hall–Kier alpha value is -1.36. The molecule has 0 saturated carbocycles. The second kappa shape index (κ2) is 4.87. The molecule has 0 amide bonds. The Morgan fingerprint density at radius 1 is 1.29 bits per heavy atom. The number of hydrogen-bond donors (Lipinski definition) is 1. The fraction of sp³-hybridized carbons (Fsp3) is 0.333. The van der Waals surface area contributed by atoms with Crippen LogP contribution in [0.1, 0.15) is 16.8 Å². The van der Waals surface area contributed by atoms with E-state index in [1.54, 1.807) is 10.9 Å². The molecule has 0 unspecified atom stereocenters. The van der Waals surface area contributed by atoms with E-state index in [4.69, 9.17) is 0 Å². The van der Waals surface area contributed by atoms with Crippen molar-refractivity contribution in [3.63, 3.8) is 0 Å². The van der Waals surface area contributed by atoms with Crippen molar-refractivity contribution in [2.24, 2.45) is 7.05 Å². The summed E-state index contributed by atoms with van der Waals surface area (Å²) in [4.78, 5) is 0. The molecule has 0 fully saturated rings. The zero-order valence-electron chi connectivity index (χ0n) is 10.2. The Kier molecular flexibility index (Phi) is 3.47. The molecule has 0 aliphatic rings. The standard InChI is InChI=1S/C12H15BrN4/c1-8-4-10(5-9(2)12(8)13)14-6-11-7-15-16-17(11)3/h4-5,7,14H,6H2,1-3H3. The third kappa shape index (κ3) is 2.66. The summed E-state index contributed by atoms with van der Waals surface area (Å²) in [6, 6.07) is 4.25. The van der Waals surface area contributed by atoms with E-state index in [-0.39, 0.29) is 0 Å². The van der Waals surface area contributed by atoms with Gasteiger partial charge in [-0.1, -0.05) is 21.1 Å². The summed E-state index contributed by atoms with van der Waals surface area (Å²) in [5, 5.41) is 11.1. The van der Waals surface area contributed by atoms with Gasteiger partial charge in [-0.3, -0.25) is 4.68 Å². The van der Waals surface area contributed by atoms with E-state index >= 15 is 0 Å². The minimum Gasteiger partial charge on any atom is -0.379 e. The maximum atomic E-state index is 3.90. The van der Waals surface area contributed by atoms with Crippen LogP contribution in [0.15, 0.2) is 22.8 Å². The van der Waals surface area contributed by atoms with Crippen LogP contribution in [0.5, 0.6) is 0 Å². The van der Waals surface area contributed by atoms with Crippen LogP contribution < -0.4 is 5.32 Å². The monoisotopic (exact) mass is 294 g/mol. The topological polar surface area (TPSA) is 42.7 Å². The van der Waals surface area contributed by atoms with E-state index in [2.05, 4.69) is 57.5 Å². The van der Waals surface area contributed by atoms with Crippen molar-refractivity contribution in [2.75, 3.05) is 5.32 Å². The lowest BCUT2D eigenvalue weighted by Gasteiger charge is -2.10. The van der Waals surface area contributed by atoms with Crippen LogP contribution in [-0.4, -0.2) is 15.0 Å². The number of benzene rings is 1. The first-order valence-corrected chi connectivity index (χ1v) is 6.21. The van der Waals surface area contributed by atoms with Crippen molar-refractivity contribution in [1.29, 1.82) is 0 Å². The summed E-state index contributed by atoms with van der Waals surface area (Å²) in [5.74, 6) is 0. The maximum absolute atomic E-state index is 3.90. The molecule has 2 rings (SSSR count). The first-order valence-electron chi connectivity index (χ1n) is 5.42. The van der Waals surface area contributed by atoms with Crippen LogP contribution in [0.4, 0.5) is 5.69 Å². The summed E-state index contributed by atoms with van der Waals surface area (Å²) in [7, 11) is 1.89. The highest BCUT2D eigenvalue weighted by Gasteiger charge is 2.03. The van der Waals surface area contributed by atoms with Gasteiger partial charge in [0.1, 0.15) is 0 Å². The van der Waals surface area contributed by atoms with Crippen LogP contribution in [0.3, 0.4) is 0 Å². The number of halogens is 1. The molecule has 1 N–H and O–H groups in total. The minimum absolute atomic E-state index is 0.726. The Balaban J connectivity index is 2.12. The second-order valence-electron chi connectivity index (χ2n) is 4.13. The Morgan fingerprint density at radius 2 is 1.94 bits per heavy atom. The Morgan fingerprint density at radius 3 is 2.47 bits per heavy atom. The predicted molar refractivity (Wildman–Crippen MR) is 71.9 cm³/mol. The van der Waals surface area contributed by atoms with Crippen LogP contribution in [0.2, 0.25) is 0 Å². The third-order valence-corrected chi connectivity index (χ3v) is 3.97. The van der Waals surface area contributed by atoms with Gasteiger partial charge in [-0.25, -0.2) is 0 Å². The number of aryl methyl sites for hydroxylation is 3. The van der Waals surface area contributed by atoms with Gasteiger partial charge in [0.15, 0.2) is 0 Å². The van der Waals surface area contributed by atoms with Crippen molar-refractivity contribution in [3.8, 4) is 0 Å². The Labute approximate surface area is 109 Å². The van der Waals surface area contributed by atoms with Crippen LogP contribution >= 0.6 is 15.9 Å². The molecule has 0 atom stereocenters. The highest BCUT2D eigenvalue weighted by Crippen LogP contribution is 2.25. The van der Waals surface area contributed by atoms with Gasteiger partial charge in [-0.15, -0.1) is 5.10 Å². The largest absolute Gasteiger partial charge is 0.379 e. The molecular weight excluding hydrogens is 280 g/mol. The molecule has 1 aromatic carbocycles. The Bertz CT molecular complexity index is 510. The molecule has 5 heteroatoms. The fourth-order valence-corrected chi connectivity index (χ4v) is 1.94. The second-order valence-corrected chi connectivity index (χ2v) is 4.92. The summed E-state index contributed by atoms with van der Waals surface area (Å²) >= 11 is 3.56. The summed E-state index contributed by atoms with van der Waals surface area (Å²) < 4.78 is 2.94. The van der Waals surface area contributed by atoms with Crippen molar-refractivity contribution in [1.82, 2.24) is 15.0 Å². The van der Waals surface area contributed by atoms with E-state index in [0.717, 1.165) is 17.9 Å². The summed E-state index contributed by atoms with van der Waals surface area (Å²) in [6.07, 6.45) is 1.77. The molecule has 0 saturated heterocycles. The van der Waals surface area contributed by atoms with Gasteiger partial charge in [0.05, 0.1) is 18.4 Å². The zero-order valence-corrected chi connectivity index (χ0v) is 11.7. The van der Waals surface area contributed by atoms with E-state index in [0.29, 0.717) is 0 Å². The third-order valence-electron chi connectivity index (χ3n) is 2.72. The van der Waals surface area contributed by atoms with Crippen LogP contribution in [-0.2, 0) is 13.6 Å². The summed E-state index contributed by atoms with van der Waals surface area (Å²) in [5.41, 5.74) is 4.64. The number of nitrogens with one attached hydrogen (secondary N) is 1. The maximum Gasteiger partial charge on any atom is 0.0774 e. The molecule has 0 aliphatic heterocycles. The average molecular weight is 295 g/mol. The van der Waals surface area contributed by atoms with E-state index in [1.807, 2.05) is 7.05 Å². The van der Waals surface area contributed by atoms with Crippen molar-refractivity contribution in [2.45, 2.75) is 20.4 Å². The lowest BCUT2D eigenvalue weighted by atomic mass is 10.1. The quantitative estimate of drug-likeness (QED) is 0.947. The molecule has 0 spiro atoms. The van der Waals surface area contributed by atoms with E-state index < -0.39 is 0 Å². The average Bonchev–Trinajstić information content (AvgIpc) is 2.69. The van der Waals surface area contributed by atoms with Gasteiger partial charge < -0.3 is 5.32 Å². The van der Waals surface area contributed by atoms with Gasteiger partial charge in [0.25, 0.3) is 0 Å². The SMILES string of the molecule is Cc1cc(NCc2cnnn2C)cc(C)c1Br. The smallest absolute Gasteiger partial charge is 0.0774 e. The van der Waals surface area contributed by atoms with Crippen molar-refractivity contribution < 1.29 is 0 Å². The molecule has 90 valence electrons. The molecule has 17 heavy (non-hydrogen) atoms. The molecule has 0 bridgehead atoms. The fourth-order valence-electron chi connectivity index (χ4n) is 1.71. The summed E-state index contributed by atoms with van der Waals surface area (Å²) in [6.45, 7) is 4.91. The van der Waals surface area contributed by atoms with Gasteiger partial charge in [-0.05, 0) is 37.1 Å². The molecule has 1 heterocycles. The number of hydrogen-bond acceptors (Lipinski definition) is 3. The number of nitrogens with zero attached hydrogens (tertiary/aromatic N) is 3. The molecular formula is C12H15BrN4. The van der Waals surface area contributed by atoms with Gasteiger partial charge in [0.2, 0.25) is 0 Å². The lowest BCUT2D eigenvalue weighted by molar-refractivity contribution is 0.683. The highest BCUT2D eigenvalue weighted by molar-refractivity contribution is 9.10. The van der Waals surface area contributed by atoms with E-state index in [1.165, 1.54) is 15.6 Å². The predicted octanol–water partition coefficient (Wildman–Crippen LogP) is 2.81. The van der Waals surface area contributed by atoms with Crippen molar-refractivity contribution in [3.05, 3.63) is 39.6 Å². The van der Waals surface area contributed by atoms with Gasteiger partial charge >= 0.3 is 0 Å². The molecule has 1 aromatic heterocycles. The van der Waals surface area contributed by atoms with Gasteiger partial charge in [-0.2, -0.15) is 0 Å².